The number of benzene rings is 1. The summed E-state index contributed by atoms with van der Waals surface area (Å²) in [7, 11) is 0. The summed E-state index contributed by atoms with van der Waals surface area (Å²) in [6.07, 6.45) is 3.57. The molecule has 1 saturated heterocycles. The van der Waals surface area contributed by atoms with E-state index in [0.717, 1.165) is 24.0 Å². The minimum absolute atomic E-state index is 0.0927. The maximum absolute atomic E-state index is 12.2. The number of aromatic hydroxyl groups is 1. The first-order valence-electron chi connectivity index (χ1n) is 7.73. The number of hydrogen-bond acceptors (Lipinski definition) is 3. The van der Waals surface area contributed by atoms with Gasteiger partial charge < -0.3 is 10.1 Å². The number of hydrogen-bond donors (Lipinski definition) is 2. The van der Waals surface area contributed by atoms with E-state index in [-0.39, 0.29) is 11.4 Å². The summed E-state index contributed by atoms with van der Waals surface area (Å²) in [5.74, 6) is 0.194. The summed E-state index contributed by atoms with van der Waals surface area (Å²) in [4.78, 5) is 17.6. The van der Waals surface area contributed by atoms with Crippen LogP contribution in [0.2, 0.25) is 0 Å². The second-order valence-electron chi connectivity index (χ2n) is 6.22. The summed E-state index contributed by atoms with van der Waals surface area (Å²) in [6, 6.07) is 5.89. The van der Waals surface area contributed by atoms with Crippen molar-refractivity contribution in [3.63, 3.8) is 0 Å². The van der Waals surface area contributed by atoms with Crippen LogP contribution in [0.15, 0.2) is 23.0 Å². The molecule has 2 N–H and O–H groups in total. The highest BCUT2D eigenvalue weighted by molar-refractivity contribution is 5.76. The monoisotopic (exact) mass is 289 g/mol. The molecular formula is C16H23N3O2. The first-order chi connectivity index (χ1) is 10.1. The summed E-state index contributed by atoms with van der Waals surface area (Å²) < 4.78 is 1.76. The highest BCUT2D eigenvalue weighted by Crippen LogP contribution is 2.23. The lowest BCUT2D eigenvalue weighted by atomic mass is 10.0. The molecule has 2 aromatic rings. The van der Waals surface area contributed by atoms with Gasteiger partial charge in [-0.2, -0.15) is 0 Å². The third-order valence-corrected chi connectivity index (χ3v) is 4.49. The Kier molecular flexibility index (Phi) is 3.76. The number of phenols is 1. The van der Waals surface area contributed by atoms with E-state index in [9.17, 15) is 9.90 Å². The van der Waals surface area contributed by atoms with E-state index in [2.05, 4.69) is 23.7 Å². The Balaban J connectivity index is 1.95. The van der Waals surface area contributed by atoms with Crippen LogP contribution in [-0.4, -0.2) is 38.2 Å². The zero-order chi connectivity index (χ0) is 15.0. The molecule has 1 unspecified atom stereocenters. The second kappa shape index (κ2) is 5.56. The average molecular weight is 289 g/mol. The topological polar surface area (TPSA) is 61.3 Å². The van der Waals surface area contributed by atoms with Gasteiger partial charge in [-0.25, -0.2) is 4.79 Å². The molecule has 0 saturated carbocycles. The number of phenolic OH excluding ortho intramolecular Hbond substituents is 1. The highest BCUT2D eigenvalue weighted by atomic mass is 16.3. The third-order valence-electron chi connectivity index (χ3n) is 4.49. The van der Waals surface area contributed by atoms with Crippen molar-refractivity contribution in [2.45, 2.75) is 51.7 Å². The van der Waals surface area contributed by atoms with E-state index >= 15 is 0 Å². The predicted molar refractivity (Wildman–Crippen MR) is 83.7 cm³/mol. The number of aromatic amines is 1. The lowest BCUT2D eigenvalue weighted by Crippen LogP contribution is -2.46. The van der Waals surface area contributed by atoms with Crippen molar-refractivity contribution in [2.24, 2.45) is 0 Å². The van der Waals surface area contributed by atoms with Crippen molar-refractivity contribution in [3.05, 3.63) is 28.7 Å². The number of piperidine rings is 1. The molecule has 1 aromatic carbocycles. The van der Waals surface area contributed by atoms with Crippen LogP contribution in [0.4, 0.5) is 0 Å². The van der Waals surface area contributed by atoms with Crippen LogP contribution in [0, 0.1) is 0 Å². The van der Waals surface area contributed by atoms with Gasteiger partial charge in [-0.15, -0.1) is 0 Å². The van der Waals surface area contributed by atoms with Gasteiger partial charge in [0.1, 0.15) is 5.75 Å². The van der Waals surface area contributed by atoms with Gasteiger partial charge in [0, 0.05) is 24.7 Å². The van der Waals surface area contributed by atoms with E-state index in [4.69, 9.17) is 0 Å². The Bertz CT molecular complexity index is 686. The maximum atomic E-state index is 12.2. The Morgan fingerprint density at radius 2 is 2.19 bits per heavy atom. The van der Waals surface area contributed by atoms with Gasteiger partial charge in [-0.05, 0) is 45.4 Å². The minimum Gasteiger partial charge on any atom is -0.508 e. The number of H-pyrrole nitrogens is 1. The molecule has 1 fully saturated rings. The fourth-order valence-corrected chi connectivity index (χ4v) is 3.43. The number of likely N-dealkylation sites (tertiary alicyclic amines) is 1. The van der Waals surface area contributed by atoms with Crippen molar-refractivity contribution < 1.29 is 5.11 Å². The van der Waals surface area contributed by atoms with E-state index < -0.39 is 0 Å². The van der Waals surface area contributed by atoms with Crippen LogP contribution in [0.5, 0.6) is 5.75 Å². The van der Waals surface area contributed by atoms with Gasteiger partial charge in [-0.3, -0.25) is 9.47 Å². The molecule has 0 aliphatic carbocycles. The van der Waals surface area contributed by atoms with Crippen molar-refractivity contribution in [1.82, 2.24) is 14.5 Å². The molecule has 5 nitrogen and oxygen atoms in total. The molecule has 0 amide bonds. The summed E-state index contributed by atoms with van der Waals surface area (Å²) in [6.45, 7) is 6.20. The largest absolute Gasteiger partial charge is 0.508 e. The van der Waals surface area contributed by atoms with Crippen LogP contribution in [0.3, 0.4) is 0 Å². The highest BCUT2D eigenvalue weighted by Gasteiger charge is 2.25. The number of aromatic nitrogens is 2. The molecule has 0 bridgehead atoms. The van der Waals surface area contributed by atoms with E-state index in [1.165, 1.54) is 12.8 Å². The number of nitrogens with one attached hydrogen (secondary N) is 1. The van der Waals surface area contributed by atoms with Crippen LogP contribution >= 0.6 is 0 Å². The molecule has 2 heterocycles. The Morgan fingerprint density at radius 1 is 1.38 bits per heavy atom. The van der Waals surface area contributed by atoms with E-state index in [0.29, 0.717) is 18.6 Å². The molecular weight excluding hydrogens is 266 g/mol. The van der Waals surface area contributed by atoms with Crippen LogP contribution < -0.4 is 5.69 Å². The molecule has 1 aliphatic rings. The Labute approximate surface area is 124 Å². The predicted octanol–water partition coefficient (Wildman–Crippen LogP) is 2.30. The average Bonchev–Trinajstić information content (AvgIpc) is 2.75. The van der Waals surface area contributed by atoms with Crippen LogP contribution in [0.1, 0.15) is 33.1 Å². The quantitative estimate of drug-likeness (QED) is 0.911. The van der Waals surface area contributed by atoms with Crippen molar-refractivity contribution in [2.75, 3.05) is 6.54 Å². The van der Waals surface area contributed by atoms with Crippen molar-refractivity contribution in [3.8, 4) is 5.75 Å². The van der Waals surface area contributed by atoms with Crippen molar-refractivity contribution >= 4 is 11.0 Å². The van der Waals surface area contributed by atoms with Gasteiger partial charge in [0.15, 0.2) is 0 Å². The number of fused-ring (bicyclic) bond motifs is 1. The SMILES string of the molecule is CC(C)N1CCCCC1Cn1c(=O)[nH]c2ccc(O)cc21. The molecule has 1 atom stereocenters. The second-order valence-corrected chi connectivity index (χ2v) is 6.22. The van der Waals surface area contributed by atoms with Gasteiger partial charge in [0.2, 0.25) is 0 Å². The maximum Gasteiger partial charge on any atom is 0.326 e. The van der Waals surface area contributed by atoms with Gasteiger partial charge >= 0.3 is 5.69 Å². The third kappa shape index (κ3) is 2.70. The van der Waals surface area contributed by atoms with Crippen LogP contribution in [-0.2, 0) is 6.54 Å². The lowest BCUT2D eigenvalue weighted by molar-refractivity contribution is 0.0993. The molecule has 0 spiro atoms. The molecule has 1 aliphatic heterocycles. The van der Waals surface area contributed by atoms with Gasteiger partial charge in [0.05, 0.1) is 11.0 Å². The smallest absolute Gasteiger partial charge is 0.326 e. The summed E-state index contributed by atoms with van der Waals surface area (Å²) in [5, 5.41) is 9.67. The number of rotatable bonds is 3. The molecule has 3 rings (SSSR count). The lowest BCUT2D eigenvalue weighted by Gasteiger charge is -2.38. The van der Waals surface area contributed by atoms with E-state index in [1.807, 2.05) is 0 Å². The fourth-order valence-electron chi connectivity index (χ4n) is 3.43. The normalized spacial score (nSPS) is 20.4. The Hall–Kier alpha value is -1.75. The number of nitrogens with zero attached hydrogens (tertiary/aromatic N) is 2. The molecule has 1 aromatic heterocycles. The number of imidazole rings is 1. The summed E-state index contributed by atoms with van der Waals surface area (Å²) >= 11 is 0. The van der Waals surface area contributed by atoms with Crippen LogP contribution in [0.25, 0.3) is 11.0 Å². The zero-order valence-corrected chi connectivity index (χ0v) is 12.7. The first kappa shape index (κ1) is 14.2. The van der Waals surface area contributed by atoms with Gasteiger partial charge in [0.25, 0.3) is 0 Å². The molecule has 114 valence electrons. The molecule has 5 heteroatoms. The minimum atomic E-state index is -0.0927. The Morgan fingerprint density at radius 3 is 2.95 bits per heavy atom. The van der Waals surface area contributed by atoms with Crippen molar-refractivity contribution in [1.29, 1.82) is 0 Å². The summed E-state index contributed by atoms with van der Waals surface area (Å²) in [5.41, 5.74) is 1.48. The van der Waals surface area contributed by atoms with E-state index in [1.54, 1.807) is 22.8 Å². The molecule has 0 radical (unpaired) electrons. The first-order valence-corrected chi connectivity index (χ1v) is 7.73. The standard InChI is InChI=1S/C16H23N3O2/c1-11(2)18-8-4-3-5-12(18)10-19-15-9-13(20)6-7-14(15)17-16(19)21/h6-7,9,11-12,20H,3-5,8,10H2,1-2H3,(H,17,21). The fraction of sp³-hybridized carbons (Fsp3) is 0.562. The van der Waals surface area contributed by atoms with Gasteiger partial charge in [-0.1, -0.05) is 6.42 Å². The zero-order valence-electron chi connectivity index (χ0n) is 12.7. The molecule has 21 heavy (non-hydrogen) atoms.